The van der Waals surface area contributed by atoms with Crippen LogP contribution in [0.3, 0.4) is 0 Å². The summed E-state index contributed by atoms with van der Waals surface area (Å²) in [5, 5.41) is 34.4. The molecule has 210 valence electrons. The Morgan fingerprint density at radius 1 is 0.737 bits per heavy atom. The van der Waals surface area contributed by atoms with Gasteiger partial charge >= 0.3 is 17.9 Å². The zero-order valence-electron chi connectivity index (χ0n) is 20.8. The molecule has 1 aromatic rings. The first-order valence-corrected chi connectivity index (χ1v) is 12.0. The standard InChI is InChI=1S/C24H35N5O9/c25-11-5-4-8-17(24(37)38)28-23(36)18(13-20(32)33)29-22(35)16(9-10-19(30)31)27-21(34)15(26)12-14-6-2-1-3-7-14/h1-3,6-7,15-18H,4-5,8-13,25-26H2,(H,27,34)(H,28,36)(H,29,35)(H,30,31)(H,32,33)(H,37,38). The lowest BCUT2D eigenvalue weighted by molar-refractivity contribution is -0.143. The number of benzene rings is 1. The van der Waals surface area contributed by atoms with Gasteiger partial charge in [0.2, 0.25) is 17.7 Å². The zero-order valence-corrected chi connectivity index (χ0v) is 20.8. The van der Waals surface area contributed by atoms with Crippen LogP contribution >= 0.6 is 0 Å². The largest absolute Gasteiger partial charge is 0.481 e. The van der Waals surface area contributed by atoms with E-state index in [1.807, 2.05) is 0 Å². The van der Waals surface area contributed by atoms with Gasteiger partial charge in [-0.3, -0.25) is 24.0 Å². The van der Waals surface area contributed by atoms with Crippen molar-refractivity contribution in [2.24, 2.45) is 11.5 Å². The van der Waals surface area contributed by atoms with Crippen molar-refractivity contribution in [3.8, 4) is 0 Å². The van der Waals surface area contributed by atoms with E-state index in [1.54, 1.807) is 30.3 Å². The van der Waals surface area contributed by atoms with E-state index in [4.69, 9.17) is 16.6 Å². The highest BCUT2D eigenvalue weighted by atomic mass is 16.4. The van der Waals surface area contributed by atoms with Crippen LogP contribution in [-0.2, 0) is 35.2 Å². The second kappa shape index (κ2) is 16.7. The van der Waals surface area contributed by atoms with Gasteiger partial charge in [0.1, 0.15) is 18.1 Å². The normalized spacial score (nSPS) is 13.8. The number of rotatable bonds is 18. The van der Waals surface area contributed by atoms with E-state index in [2.05, 4.69) is 16.0 Å². The molecular formula is C24H35N5O9. The van der Waals surface area contributed by atoms with Crippen LogP contribution in [0.5, 0.6) is 0 Å². The van der Waals surface area contributed by atoms with Crippen molar-refractivity contribution in [1.82, 2.24) is 16.0 Å². The van der Waals surface area contributed by atoms with Crippen LogP contribution in [0.15, 0.2) is 30.3 Å². The highest BCUT2D eigenvalue weighted by Gasteiger charge is 2.31. The summed E-state index contributed by atoms with van der Waals surface area (Å²) >= 11 is 0. The molecular weight excluding hydrogens is 502 g/mol. The molecule has 4 atom stereocenters. The summed E-state index contributed by atoms with van der Waals surface area (Å²) in [6, 6.07) is 3.20. The van der Waals surface area contributed by atoms with Crippen LogP contribution in [0.25, 0.3) is 0 Å². The van der Waals surface area contributed by atoms with Gasteiger partial charge < -0.3 is 42.7 Å². The maximum atomic E-state index is 12.9. The molecule has 0 heterocycles. The minimum atomic E-state index is -1.70. The third-order valence-corrected chi connectivity index (χ3v) is 5.49. The maximum absolute atomic E-state index is 12.9. The van der Waals surface area contributed by atoms with Crippen molar-refractivity contribution in [2.45, 2.75) is 69.1 Å². The van der Waals surface area contributed by atoms with Crippen LogP contribution in [0.1, 0.15) is 44.1 Å². The SMILES string of the molecule is NCCCCC(NC(=O)C(CC(=O)O)NC(=O)C(CCC(=O)O)NC(=O)C(N)Cc1ccccc1)C(=O)O. The first kappa shape index (κ1) is 32.0. The summed E-state index contributed by atoms with van der Waals surface area (Å²) in [5.41, 5.74) is 12.1. The number of carboxylic acids is 3. The molecule has 38 heavy (non-hydrogen) atoms. The quantitative estimate of drug-likeness (QED) is 0.101. The van der Waals surface area contributed by atoms with Crippen molar-refractivity contribution >= 4 is 35.6 Å². The van der Waals surface area contributed by atoms with E-state index >= 15 is 0 Å². The summed E-state index contributed by atoms with van der Waals surface area (Å²) in [5.74, 6) is -6.92. The first-order valence-electron chi connectivity index (χ1n) is 12.0. The van der Waals surface area contributed by atoms with Gasteiger partial charge in [0, 0.05) is 6.42 Å². The number of carboxylic acid groups (broad SMARTS) is 3. The molecule has 3 amide bonds. The van der Waals surface area contributed by atoms with Gasteiger partial charge in [-0.15, -0.1) is 0 Å². The molecule has 0 aromatic heterocycles. The van der Waals surface area contributed by atoms with Crippen LogP contribution in [0, 0.1) is 0 Å². The summed E-state index contributed by atoms with van der Waals surface area (Å²) in [4.78, 5) is 72.2. The summed E-state index contributed by atoms with van der Waals surface area (Å²) in [6.45, 7) is 0.316. The highest BCUT2D eigenvalue weighted by molar-refractivity contribution is 5.95. The fraction of sp³-hybridized carbons (Fsp3) is 0.500. The number of amides is 3. The third kappa shape index (κ3) is 12.3. The second-order valence-electron chi connectivity index (χ2n) is 8.63. The first-order chi connectivity index (χ1) is 17.9. The van der Waals surface area contributed by atoms with Crippen LogP contribution in [0.4, 0.5) is 0 Å². The van der Waals surface area contributed by atoms with Crippen molar-refractivity contribution in [2.75, 3.05) is 6.54 Å². The number of unbranched alkanes of at least 4 members (excludes halogenated alkanes) is 1. The number of carbonyl (C=O) groups excluding carboxylic acids is 3. The number of hydrogen-bond donors (Lipinski definition) is 8. The van der Waals surface area contributed by atoms with E-state index in [-0.39, 0.29) is 19.3 Å². The summed E-state index contributed by atoms with van der Waals surface area (Å²) < 4.78 is 0. The van der Waals surface area contributed by atoms with Gasteiger partial charge in [-0.05, 0) is 44.2 Å². The molecule has 0 bridgehead atoms. The molecule has 10 N–H and O–H groups in total. The van der Waals surface area contributed by atoms with Crippen molar-refractivity contribution in [1.29, 1.82) is 0 Å². The number of aliphatic carboxylic acids is 3. The molecule has 1 rings (SSSR count). The number of hydrogen-bond acceptors (Lipinski definition) is 8. The molecule has 0 aliphatic carbocycles. The van der Waals surface area contributed by atoms with Gasteiger partial charge in [0.05, 0.1) is 12.5 Å². The smallest absolute Gasteiger partial charge is 0.326 e. The highest BCUT2D eigenvalue weighted by Crippen LogP contribution is 2.06. The molecule has 14 nitrogen and oxygen atoms in total. The van der Waals surface area contributed by atoms with Crippen molar-refractivity contribution < 1.29 is 44.1 Å². The number of carbonyl (C=O) groups is 6. The van der Waals surface area contributed by atoms with Gasteiger partial charge in [-0.25, -0.2) is 4.79 Å². The Balaban J connectivity index is 2.98. The molecule has 0 aliphatic heterocycles. The predicted octanol–water partition coefficient (Wildman–Crippen LogP) is -1.44. The van der Waals surface area contributed by atoms with E-state index < -0.39 is 72.6 Å². The fourth-order valence-electron chi connectivity index (χ4n) is 3.45. The van der Waals surface area contributed by atoms with E-state index in [1.165, 1.54) is 0 Å². The molecule has 4 unspecified atom stereocenters. The number of nitrogens with one attached hydrogen (secondary N) is 3. The van der Waals surface area contributed by atoms with Gasteiger partial charge in [0.15, 0.2) is 0 Å². The Morgan fingerprint density at radius 2 is 1.32 bits per heavy atom. The fourth-order valence-corrected chi connectivity index (χ4v) is 3.45. The molecule has 0 spiro atoms. The minimum absolute atomic E-state index is 0.0304. The Kier molecular flexibility index (Phi) is 14.0. The molecule has 0 saturated carbocycles. The topological polar surface area (TPSA) is 251 Å². The average Bonchev–Trinajstić information content (AvgIpc) is 2.85. The Labute approximate surface area is 219 Å². The lowest BCUT2D eigenvalue weighted by Gasteiger charge is -2.24. The predicted molar refractivity (Wildman–Crippen MR) is 134 cm³/mol. The molecule has 0 radical (unpaired) electrons. The summed E-state index contributed by atoms with van der Waals surface area (Å²) in [6.07, 6.45) is -0.733. The third-order valence-electron chi connectivity index (χ3n) is 5.49. The van der Waals surface area contributed by atoms with Crippen LogP contribution in [0.2, 0.25) is 0 Å². The lowest BCUT2D eigenvalue weighted by Crippen LogP contribution is -2.57. The van der Waals surface area contributed by atoms with E-state index in [0.717, 1.165) is 5.56 Å². The zero-order chi connectivity index (χ0) is 28.7. The molecule has 0 fully saturated rings. The van der Waals surface area contributed by atoms with Crippen LogP contribution in [-0.4, -0.2) is 81.7 Å². The summed E-state index contributed by atoms with van der Waals surface area (Å²) in [7, 11) is 0. The Morgan fingerprint density at radius 3 is 1.87 bits per heavy atom. The minimum Gasteiger partial charge on any atom is -0.481 e. The average molecular weight is 538 g/mol. The maximum Gasteiger partial charge on any atom is 0.326 e. The Bertz CT molecular complexity index is 973. The Hall–Kier alpha value is -4.04. The molecule has 0 aliphatic rings. The molecule has 14 heteroatoms. The monoisotopic (exact) mass is 537 g/mol. The van der Waals surface area contributed by atoms with Gasteiger partial charge in [-0.2, -0.15) is 0 Å². The van der Waals surface area contributed by atoms with Gasteiger partial charge in [-0.1, -0.05) is 30.3 Å². The van der Waals surface area contributed by atoms with Crippen LogP contribution < -0.4 is 27.4 Å². The van der Waals surface area contributed by atoms with E-state index in [0.29, 0.717) is 19.4 Å². The van der Waals surface area contributed by atoms with Gasteiger partial charge in [0.25, 0.3) is 0 Å². The van der Waals surface area contributed by atoms with Crippen molar-refractivity contribution in [3.05, 3.63) is 35.9 Å². The lowest BCUT2D eigenvalue weighted by atomic mass is 10.0. The van der Waals surface area contributed by atoms with E-state index in [9.17, 15) is 39.0 Å². The number of nitrogens with two attached hydrogens (primary N) is 2. The van der Waals surface area contributed by atoms with Crippen molar-refractivity contribution in [3.63, 3.8) is 0 Å². The molecule has 1 aromatic carbocycles. The second-order valence-corrected chi connectivity index (χ2v) is 8.63. The molecule has 0 saturated heterocycles.